The van der Waals surface area contributed by atoms with E-state index < -0.39 is 24.5 Å². The van der Waals surface area contributed by atoms with Gasteiger partial charge >= 0.3 is 0 Å². The van der Waals surface area contributed by atoms with Crippen molar-refractivity contribution in [1.29, 1.82) is 0 Å². The molecule has 0 aromatic carbocycles. The van der Waals surface area contributed by atoms with Crippen LogP contribution in [0.1, 0.15) is 6.23 Å². The monoisotopic (exact) mass is 322 g/mol. The van der Waals surface area contributed by atoms with Crippen LogP contribution in [0.2, 0.25) is 0 Å². The van der Waals surface area contributed by atoms with E-state index in [0.717, 1.165) is 10.2 Å². The summed E-state index contributed by atoms with van der Waals surface area (Å²) in [4.78, 5) is 8.26. The van der Waals surface area contributed by atoms with Gasteiger partial charge in [-0.2, -0.15) is 0 Å². The van der Waals surface area contributed by atoms with Crippen LogP contribution in [0.5, 0.6) is 0 Å². The number of nitrogens with two attached hydrogens (primary N) is 1. The molecule has 0 amide bonds. The average molecular weight is 322 g/mol. The molecule has 3 aromatic heterocycles. The number of fused-ring (bicyclic) bond motifs is 3. The minimum absolute atomic E-state index is 0.350. The topological polar surface area (TPSA) is 127 Å². The summed E-state index contributed by atoms with van der Waals surface area (Å²) in [7, 11) is 0. The van der Waals surface area contributed by atoms with Gasteiger partial charge in [0.1, 0.15) is 36.1 Å². The maximum atomic E-state index is 10.3. The Balaban J connectivity index is 1.98. The van der Waals surface area contributed by atoms with E-state index in [9.17, 15) is 15.3 Å². The van der Waals surface area contributed by atoms with E-state index in [2.05, 4.69) is 9.97 Å². The number of nitrogen functional groups attached to an aromatic ring is 1. The molecule has 4 atom stereocenters. The lowest BCUT2D eigenvalue weighted by atomic mass is 10.1. The quantitative estimate of drug-likeness (QED) is 0.516. The first-order valence-electron chi connectivity index (χ1n) is 6.73. The number of hydrogen-bond acceptors (Lipinski definition) is 8. The van der Waals surface area contributed by atoms with Crippen LogP contribution in [0.3, 0.4) is 0 Å². The number of anilines is 1. The van der Waals surface area contributed by atoms with Gasteiger partial charge in [0.25, 0.3) is 0 Å². The van der Waals surface area contributed by atoms with E-state index in [1.54, 1.807) is 4.57 Å². The summed E-state index contributed by atoms with van der Waals surface area (Å²) < 4.78 is 8.21. The lowest BCUT2D eigenvalue weighted by Crippen LogP contribution is -2.33. The Hall–Kier alpha value is -1.78. The first kappa shape index (κ1) is 13.9. The normalized spacial score (nSPS) is 28.9. The highest BCUT2D eigenvalue weighted by atomic mass is 32.1. The molecule has 4 rings (SSSR count). The molecule has 0 aliphatic carbocycles. The number of aromatic nitrogens is 3. The van der Waals surface area contributed by atoms with Crippen LogP contribution >= 0.6 is 11.3 Å². The van der Waals surface area contributed by atoms with Crippen LogP contribution in [-0.2, 0) is 4.74 Å². The van der Waals surface area contributed by atoms with Crippen LogP contribution in [0, 0.1) is 0 Å². The molecule has 1 aliphatic heterocycles. The third kappa shape index (κ3) is 1.71. The van der Waals surface area contributed by atoms with Gasteiger partial charge in [-0.25, -0.2) is 9.97 Å². The summed E-state index contributed by atoms with van der Waals surface area (Å²) in [5.74, 6) is 0.350. The van der Waals surface area contributed by atoms with Gasteiger partial charge in [-0.1, -0.05) is 0 Å². The fourth-order valence-electron chi connectivity index (χ4n) is 2.93. The Morgan fingerprint density at radius 2 is 2.14 bits per heavy atom. The average Bonchev–Trinajstić information content (AvgIpc) is 3.15. The minimum atomic E-state index is -1.17. The number of rotatable bonds is 2. The van der Waals surface area contributed by atoms with Gasteiger partial charge in [0.05, 0.1) is 22.2 Å². The molecule has 0 saturated carbocycles. The molecule has 0 spiro atoms. The molecular formula is C13H14N4O4S. The largest absolute Gasteiger partial charge is 0.394 e. The standard InChI is InChI=1S/C13H14N4O4S/c14-11-7-10-5(1-2-22-10)17(12(7)16-4-15-11)13-9(20)8(19)6(3-18)21-13/h1-2,4,6,8-9,13,18-20H,3H2,(H2,14,15,16)/t6-,8-,9-,13-/m1/s1. The van der Waals surface area contributed by atoms with Crippen molar-refractivity contribution in [1.82, 2.24) is 14.5 Å². The Kier molecular flexibility index (Phi) is 3.06. The summed E-state index contributed by atoms with van der Waals surface area (Å²) >= 11 is 1.49. The molecule has 8 nitrogen and oxygen atoms in total. The highest BCUT2D eigenvalue weighted by molar-refractivity contribution is 7.18. The third-order valence-corrected chi connectivity index (χ3v) is 4.91. The van der Waals surface area contributed by atoms with E-state index in [-0.39, 0.29) is 6.61 Å². The molecule has 0 bridgehead atoms. The fraction of sp³-hybridized carbons (Fsp3) is 0.385. The van der Waals surface area contributed by atoms with Gasteiger partial charge in [0.15, 0.2) is 6.23 Å². The second-order valence-corrected chi connectivity index (χ2v) is 6.11. The number of thiophene rings is 1. The Bertz CT molecular complexity index is 847. The number of aliphatic hydroxyl groups is 3. The zero-order chi connectivity index (χ0) is 15.4. The highest BCUT2D eigenvalue weighted by Gasteiger charge is 2.44. The first-order chi connectivity index (χ1) is 10.6. The van der Waals surface area contributed by atoms with Gasteiger partial charge in [-0.15, -0.1) is 11.3 Å². The van der Waals surface area contributed by atoms with Crippen molar-refractivity contribution in [3.63, 3.8) is 0 Å². The molecule has 1 saturated heterocycles. The van der Waals surface area contributed by atoms with Gasteiger partial charge in [0, 0.05) is 0 Å². The van der Waals surface area contributed by atoms with Gasteiger partial charge in [0.2, 0.25) is 0 Å². The maximum Gasteiger partial charge on any atom is 0.165 e. The number of hydrogen-bond donors (Lipinski definition) is 4. The Morgan fingerprint density at radius 1 is 1.32 bits per heavy atom. The fourth-order valence-corrected chi connectivity index (χ4v) is 3.87. The van der Waals surface area contributed by atoms with Crippen molar-refractivity contribution in [3.8, 4) is 0 Å². The van der Waals surface area contributed by atoms with Crippen LogP contribution < -0.4 is 5.73 Å². The number of ether oxygens (including phenoxy) is 1. The third-order valence-electron chi connectivity index (χ3n) is 3.99. The van der Waals surface area contributed by atoms with Gasteiger partial charge < -0.3 is 25.8 Å². The summed E-state index contributed by atoms with van der Waals surface area (Å²) in [6.45, 7) is -0.377. The van der Waals surface area contributed by atoms with Crippen LogP contribution in [0.4, 0.5) is 5.82 Å². The van der Waals surface area contributed by atoms with E-state index in [1.807, 2.05) is 11.4 Å². The van der Waals surface area contributed by atoms with Crippen LogP contribution in [0.15, 0.2) is 17.8 Å². The lowest BCUT2D eigenvalue weighted by molar-refractivity contribution is -0.0489. The molecule has 4 heterocycles. The van der Waals surface area contributed by atoms with E-state index >= 15 is 0 Å². The van der Waals surface area contributed by atoms with Crippen LogP contribution in [0.25, 0.3) is 21.3 Å². The summed E-state index contributed by atoms with van der Waals surface area (Å²) in [6.07, 6.45) is -2.69. The molecule has 1 aliphatic rings. The maximum absolute atomic E-state index is 10.3. The summed E-state index contributed by atoms with van der Waals surface area (Å²) in [5, 5.41) is 32.1. The Morgan fingerprint density at radius 3 is 2.86 bits per heavy atom. The van der Waals surface area contributed by atoms with Gasteiger partial charge in [-0.05, 0) is 11.4 Å². The molecule has 1 fully saturated rings. The second kappa shape index (κ2) is 4.86. The van der Waals surface area contributed by atoms with Gasteiger partial charge in [-0.3, -0.25) is 4.57 Å². The second-order valence-electron chi connectivity index (χ2n) is 5.19. The summed E-state index contributed by atoms with van der Waals surface area (Å²) in [6, 6.07) is 1.87. The van der Waals surface area contributed by atoms with Crippen molar-refractivity contribution >= 4 is 38.4 Å². The molecular weight excluding hydrogens is 308 g/mol. The molecule has 5 N–H and O–H groups in total. The first-order valence-corrected chi connectivity index (χ1v) is 7.61. The SMILES string of the molecule is Nc1ncnc2c1c1sccc1n2[C@@H]1O[C@H](CO)[C@@H](O)[C@H]1O. The minimum Gasteiger partial charge on any atom is -0.394 e. The van der Waals surface area contributed by atoms with E-state index in [4.69, 9.17) is 10.5 Å². The van der Waals surface area contributed by atoms with Crippen molar-refractivity contribution in [3.05, 3.63) is 17.8 Å². The van der Waals surface area contributed by atoms with Crippen molar-refractivity contribution in [2.24, 2.45) is 0 Å². The number of aliphatic hydroxyl groups excluding tert-OH is 3. The zero-order valence-corrected chi connectivity index (χ0v) is 12.1. The smallest absolute Gasteiger partial charge is 0.165 e. The molecule has 116 valence electrons. The predicted octanol–water partition coefficient (Wildman–Crippen LogP) is -0.160. The lowest BCUT2D eigenvalue weighted by Gasteiger charge is -2.18. The van der Waals surface area contributed by atoms with E-state index in [0.29, 0.717) is 16.9 Å². The molecule has 22 heavy (non-hydrogen) atoms. The highest BCUT2D eigenvalue weighted by Crippen LogP contribution is 2.40. The van der Waals surface area contributed by atoms with Crippen molar-refractivity contribution in [2.75, 3.05) is 12.3 Å². The van der Waals surface area contributed by atoms with E-state index in [1.165, 1.54) is 17.7 Å². The predicted molar refractivity (Wildman–Crippen MR) is 80.3 cm³/mol. The molecule has 0 radical (unpaired) electrons. The summed E-state index contributed by atoms with van der Waals surface area (Å²) in [5.41, 5.74) is 7.28. The zero-order valence-electron chi connectivity index (χ0n) is 11.3. The van der Waals surface area contributed by atoms with Crippen LogP contribution in [-0.4, -0.2) is 54.8 Å². The van der Waals surface area contributed by atoms with Crippen molar-refractivity contribution in [2.45, 2.75) is 24.5 Å². The molecule has 3 aromatic rings. The Labute approximate surface area is 128 Å². The molecule has 9 heteroatoms. The van der Waals surface area contributed by atoms with Crippen molar-refractivity contribution < 1.29 is 20.1 Å². The molecule has 0 unspecified atom stereocenters. The number of nitrogens with zero attached hydrogens (tertiary/aromatic N) is 3.